The number of furan rings is 1. The Hall–Kier alpha value is -4.07. The highest BCUT2D eigenvalue weighted by atomic mass is 16.5. The summed E-state index contributed by atoms with van der Waals surface area (Å²) in [6.07, 6.45) is 1.53. The normalized spacial score (nSPS) is 10.7. The molecule has 8 heteroatoms. The molecule has 1 amide bonds. The Bertz CT molecular complexity index is 1120. The van der Waals surface area contributed by atoms with Gasteiger partial charge in [-0.15, -0.1) is 0 Å². The summed E-state index contributed by atoms with van der Waals surface area (Å²) in [5.41, 5.74) is 4.40. The maximum absolute atomic E-state index is 12.2. The predicted molar refractivity (Wildman–Crippen MR) is 119 cm³/mol. The van der Waals surface area contributed by atoms with Crippen molar-refractivity contribution in [2.45, 2.75) is 13.3 Å². The van der Waals surface area contributed by atoms with Crippen molar-refractivity contribution in [3.8, 4) is 22.8 Å². The number of ether oxygens (including phenoxy) is 3. The van der Waals surface area contributed by atoms with Crippen LogP contribution >= 0.6 is 0 Å². The largest absolute Gasteiger partial charge is 0.493 e. The number of rotatable bonds is 9. The van der Waals surface area contributed by atoms with Gasteiger partial charge in [-0.1, -0.05) is 18.2 Å². The molecule has 3 rings (SSSR count). The molecule has 2 aromatic carbocycles. The summed E-state index contributed by atoms with van der Waals surface area (Å²) < 4.78 is 21.2. The number of amides is 1. The summed E-state index contributed by atoms with van der Waals surface area (Å²) in [6, 6.07) is 15.7. The Morgan fingerprint density at radius 3 is 2.59 bits per heavy atom. The molecule has 0 bridgehead atoms. The summed E-state index contributed by atoms with van der Waals surface area (Å²) in [5.74, 6) is 1.48. The van der Waals surface area contributed by atoms with Gasteiger partial charge in [-0.3, -0.25) is 4.79 Å². The maximum Gasteiger partial charge on any atom is 0.338 e. The van der Waals surface area contributed by atoms with Crippen LogP contribution in [0.25, 0.3) is 11.3 Å². The molecule has 0 atom stereocenters. The molecule has 0 radical (unpaired) electrons. The van der Waals surface area contributed by atoms with E-state index in [-0.39, 0.29) is 18.3 Å². The number of esters is 1. The number of carbonyl (C=O) groups is 2. The monoisotopic (exact) mass is 436 g/mol. The molecular formula is C24H24N2O6. The van der Waals surface area contributed by atoms with Crippen LogP contribution in [0.4, 0.5) is 0 Å². The molecule has 8 nitrogen and oxygen atoms in total. The average molecular weight is 436 g/mol. The van der Waals surface area contributed by atoms with E-state index < -0.39 is 0 Å². The lowest BCUT2D eigenvalue weighted by atomic mass is 10.1. The van der Waals surface area contributed by atoms with Gasteiger partial charge < -0.3 is 18.6 Å². The molecular weight excluding hydrogens is 412 g/mol. The molecule has 0 saturated heterocycles. The van der Waals surface area contributed by atoms with Crippen LogP contribution in [0.15, 0.2) is 64.1 Å². The van der Waals surface area contributed by atoms with E-state index >= 15 is 0 Å². The van der Waals surface area contributed by atoms with Gasteiger partial charge in [-0.05, 0) is 48.9 Å². The molecule has 1 aromatic heterocycles. The number of methoxy groups -OCH3 is 2. The lowest BCUT2D eigenvalue weighted by Gasteiger charge is -2.09. The fraction of sp³-hybridized carbons (Fsp3) is 0.208. The maximum atomic E-state index is 12.2. The van der Waals surface area contributed by atoms with Crippen LogP contribution in [-0.4, -0.2) is 38.9 Å². The van der Waals surface area contributed by atoms with Gasteiger partial charge in [0.15, 0.2) is 11.5 Å². The molecule has 1 heterocycles. The zero-order chi connectivity index (χ0) is 22.9. The smallest absolute Gasteiger partial charge is 0.338 e. The van der Waals surface area contributed by atoms with Crippen molar-refractivity contribution in [1.29, 1.82) is 0 Å². The van der Waals surface area contributed by atoms with Crippen LogP contribution in [0, 0.1) is 0 Å². The number of benzene rings is 2. The molecule has 0 aliphatic carbocycles. The fourth-order valence-corrected chi connectivity index (χ4v) is 2.97. The molecule has 0 aliphatic heterocycles. The Morgan fingerprint density at radius 1 is 1.03 bits per heavy atom. The number of hydrazone groups is 1. The van der Waals surface area contributed by atoms with Crippen molar-refractivity contribution < 1.29 is 28.2 Å². The fourth-order valence-electron chi connectivity index (χ4n) is 2.97. The molecule has 1 N–H and O–H groups in total. The van der Waals surface area contributed by atoms with Gasteiger partial charge in [0.2, 0.25) is 5.91 Å². The SMILES string of the molecule is CCOC(=O)c1cccc(-c2ccc(/C=N\NC(=O)Cc3ccc(OC)c(OC)c3)o2)c1. The van der Waals surface area contributed by atoms with Gasteiger partial charge in [0.25, 0.3) is 0 Å². The molecule has 0 unspecified atom stereocenters. The topological polar surface area (TPSA) is 99.4 Å². The first-order chi connectivity index (χ1) is 15.5. The standard InChI is InChI=1S/C24H24N2O6/c1-4-31-24(28)18-7-5-6-17(14-18)20-11-9-19(32-20)15-25-26-23(27)13-16-8-10-21(29-2)22(12-16)30-3/h5-12,14-15H,4,13H2,1-3H3,(H,26,27)/b25-15-. The highest BCUT2D eigenvalue weighted by Crippen LogP contribution is 2.27. The Kier molecular flexibility index (Phi) is 7.64. The van der Waals surface area contributed by atoms with Crippen molar-refractivity contribution in [2.24, 2.45) is 5.10 Å². The second kappa shape index (κ2) is 10.8. The van der Waals surface area contributed by atoms with E-state index in [0.717, 1.165) is 11.1 Å². The summed E-state index contributed by atoms with van der Waals surface area (Å²) >= 11 is 0. The van der Waals surface area contributed by atoms with Crippen LogP contribution in [0.3, 0.4) is 0 Å². The van der Waals surface area contributed by atoms with Crippen LogP contribution in [0.2, 0.25) is 0 Å². The lowest BCUT2D eigenvalue weighted by molar-refractivity contribution is -0.120. The zero-order valence-corrected chi connectivity index (χ0v) is 18.1. The molecule has 32 heavy (non-hydrogen) atoms. The van der Waals surface area contributed by atoms with Crippen LogP contribution < -0.4 is 14.9 Å². The van der Waals surface area contributed by atoms with Crippen molar-refractivity contribution >= 4 is 18.1 Å². The van der Waals surface area contributed by atoms with Gasteiger partial charge in [0.05, 0.1) is 39.0 Å². The third kappa shape index (κ3) is 5.75. The van der Waals surface area contributed by atoms with E-state index in [1.54, 1.807) is 62.6 Å². The average Bonchev–Trinajstić information content (AvgIpc) is 3.28. The second-order valence-electron chi connectivity index (χ2n) is 6.66. The number of hydrogen-bond donors (Lipinski definition) is 1. The van der Waals surface area contributed by atoms with Crippen molar-refractivity contribution in [1.82, 2.24) is 5.43 Å². The summed E-state index contributed by atoms with van der Waals surface area (Å²) in [5, 5.41) is 3.94. The first kappa shape index (κ1) is 22.6. The third-order valence-electron chi connectivity index (χ3n) is 4.48. The van der Waals surface area contributed by atoms with Crippen molar-refractivity contribution in [2.75, 3.05) is 20.8 Å². The van der Waals surface area contributed by atoms with Gasteiger partial charge in [-0.25, -0.2) is 10.2 Å². The highest BCUT2D eigenvalue weighted by Gasteiger charge is 2.10. The second-order valence-corrected chi connectivity index (χ2v) is 6.66. The van der Waals surface area contributed by atoms with Crippen LogP contribution in [0.1, 0.15) is 28.6 Å². The third-order valence-corrected chi connectivity index (χ3v) is 4.48. The van der Waals surface area contributed by atoms with E-state index in [4.69, 9.17) is 18.6 Å². The lowest BCUT2D eigenvalue weighted by Crippen LogP contribution is -2.19. The Labute approximate surface area is 185 Å². The molecule has 0 saturated carbocycles. The van der Waals surface area contributed by atoms with E-state index in [9.17, 15) is 9.59 Å². The van der Waals surface area contributed by atoms with Gasteiger partial charge in [0.1, 0.15) is 11.5 Å². The van der Waals surface area contributed by atoms with E-state index in [1.807, 2.05) is 6.07 Å². The minimum absolute atomic E-state index is 0.127. The molecule has 166 valence electrons. The van der Waals surface area contributed by atoms with Crippen LogP contribution in [-0.2, 0) is 16.0 Å². The minimum atomic E-state index is -0.389. The number of carbonyl (C=O) groups excluding carboxylic acids is 2. The molecule has 3 aromatic rings. The number of nitrogens with one attached hydrogen (secondary N) is 1. The van der Waals surface area contributed by atoms with Crippen molar-refractivity contribution in [3.63, 3.8) is 0 Å². The van der Waals surface area contributed by atoms with Gasteiger partial charge in [-0.2, -0.15) is 5.10 Å². The molecule has 0 aliphatic rings. The van der Waals surface area contributed by atoms with E-state index in [0.29, 0.717) is 35.2 Å². The molecule has 0 fully saturated rings. The Morgan fingerprint density at radius 2 is 1.84 bits per heavy atom. The summed E-state index contributed by atoms with van der Waals surface area (Å²) in [7, 11) is 3.09. The highest BCUT2D eigenvalue weighted by molar-refractivity contribution is 5.91. The first-order valence-corrected chi connectivity index (χ1v) is 9.94. The number of hydrogen-bond acceptors (Lipinski definition) is 7. The van der Waals surface area contributed by atoms with Crippen LogP contribution in [0.5, 0.6) is 11.5 Å². The Balaban J connectivity index is 1.60. The molecule has 0 spiro atoms. The van der Waals surface area contributed by atoms with E-state index in [1.165, 1.54) is 13.3 Å². The number of nitrogens with zero attached hydrogens (tertiary/aromatic N) is 1. The zero-order valence-electron chi connectivity index (χ0n) is 18.1. The quantitative estimate of drug-likeness (QED) is 0.311. The first-order valence-electron chi connectivity index (χ1n) is 9.94. The summed E-state index contributed by atoms with van der Waals surface area (Å²) in [4.78, 5) is 24.1. The minimum Gasteiger partial charge on any atom is -0.493 e. The van der Waals surface area contributed by atoms with E-state index in [2.05, 4.69) is 10.5 Å². The van der Waals surface area contributed by atoms with Crippen molar-refractivity contribution in [3.05, 3.63) is 71.5 Å². The summed E-state index contributed by atoms with van der Waals surface area (Å²) in [6.45, 7) is 2.06. The van der Waals surface area contributed by atoms with Gasteiger partial charge >= 0.3 is 5.97 Å². The van der Waals surface area contributed by atoms with Gasteiger partial charge in [0, 0.05) is 5.56 Å². The predicted octanol–water partition coefficient (Wildman–Crippen LogP) is 3.83.